The molecule has 6 aromatic rings. The zero-order chi connectivity index (χ0) is 45.9. The molecule has 0 atom stereocenters. The van der Waals surface area contributed by atoms with Gasteiger partial charge in [0, 0.05) is 99.8 Å². The van der Waals surface area contributed by atoms with Crippen LogP contribution in [0.2, 0.25) is 0 Å². The van der Waals surface area contributed by atoms with Gasteiger partial charge in [0.1, 0.15) is 23.3 Å². The van der Waals surface area contributed by atoms with Gasteiger partial charge in [-0.25, -0.2) is 37.1 Å². The maximum atomic E-state index is 14.1. The normalized spacial score (nSPS) is 12.1. The molecule has 6 heterocycles. The molecule has 2 aliphatic rings. The number of carbonyl (C=O) groups is 1. The van der Waals surface area contributed by atoms with Crippen molar-refractivity contribution in [3.05, 3.63) is 162 Å². The predicted molar refractivity (Wildman–Crippen MR) is 219 cm³/mol. The molecule has 4 aromatic heterocycles. The van der Waals surface area contributed by atoms with Crippen molar-refractivity contribution in [1.82, 2.24) is 30.2 Å². The van der Waals surface area contributed by atoms with Crippen LogP contribution in [0.4, 0.5) is 45.4 Å². The first kappa shape index (κ1) is 45.6. The minimum atomic E-state index is -0.882. The molecule has 8 rings (SSSR count). The van der Waals surface area contributed by atoms with Crippen molar-refractivity contribution >= 4 is 35.1 Å². The fraction of sp³-hybridized carbons (Fsp3) is 0.190. The van der Waals surface area contributed by atoms with E-state index in [0.717, 1.165) is 72.0 Å². The molecule has 64 heavy (non-hydrogen) atoms. The van der Waals surface area contributed by atoms with Gasteiger partial charge in [0.15, 0.2) is 0 Å². The van der Waals surface area contributed by atoms with E-state index in [0.29, 0.717) is 25.2 Å². The van der Waals surface area contributed by atoms with Crippen LogP contribution in [-0.2, 0) is 48.7 Å². The number of nitro groups is 2. The third kappa shape index (κ3) is 11.1. The first-order valence-electron chi connectivity index (χ1n) is 18.9. The number of urea groups is 1. The topological polar surface area (TPSA) is 241 Å². The monoisotopic (exact) mass is 882 g/mol. The average Bonchev–Trinajstić information content (AvgIpc) is 3.92. The van der Waals surface area contributed by atoms with Crippen molar-refractivity contribution in [2.45, 2.75) is 39.2 Å². The Morgan fingerprint density at radius 1 is 0.812 bits per heavy atom. The molecule has 22 heteroatoms. The molecule has 3 N–H and O–H groups in total. The summed E-state index contributed by atoms with van der Waals surface area (Å²) >= 11 is 0. The molecule has 0 spiro atoms. The summed E-state index contributed by atoms with van der Waals surface area (Å²) in [5.74, 6) is -4.12. The van der Waals surface area contributed by atoms with E-state index in [1.807, 2.05) is 12.3 Å². The summed E-state index contributed by atoms with van der Waals surface area (Å²) in [4.78, 5) is 64.5. The van der Waals surface area contributed by atoms with E-state index in [-0.39, 0.29) is 48.0 Å². The molecule has 0 saturated heterocycles. The van der Waals surface area contributed by atoms with Crippen molar-refractivity contribution in [2.75, 3.05) is 19.0 Å². The Bertz CT molecular complexity index is 2790. The number of amides is 2. The van der Waals surface area contributed by atoms with E-state index >= 15 is 0 Å². The second-order valence-electron chi connectivity index (χ2n) is 13.8. The predicted octanol–water partition coefficient (Wildman–Crippen LogP) is 7.15. The number of fused-ring (bicyclic) bond motifs is 2. The highest BCUT2D eigenvalue weighted by molar-refractivity contribution is 5.91. The number of rotatable bonds is 10. The van der Waals surface area contributed by atoms with E-state index < -0.39 is 56.3 Å². The Kier molecular flexibility index (Phi) is 14.8. The summed E-state index contributed by atoms with van der Waals surface area (Å²) in [7, 11) is 1.56. The Hall–Kier alpha value is -7.91. The number of aliphatic hydroxyl groups is 1. The molecule has 0 radical (unpaired) electrons. The van der Waals surface area contributed by atoms with Crippen molar-refractivity contribution in [3.63, 3.8) is 0 Å². The highest BCUT2D eigenvalue weighted by atomic mass is 19.1. The molecular weight excluding hydrogens is 849 g/mol. The molecule has 2 amide bonds. The van der Waals surface area contributed by atoms with Gasteiger partial charge in [-0.3, -0.25) is 35.5 Å². The van der Waals surface area contributed by atoms with Gasteiger partial charge in [0.2, 0.25) is 17.7 Å². The van der Waals surface area contributed by atoms with Crippen molar-refractivity contribution in [3.8, 4) is 22.5 Å². The van der Waals surface area contributed by atoms with Crippen LogP contribution in [-0.4, -0.2) is 65.6 Å². The van der Waals surface area contributed by atoms with Crippen LogP contribution >= 0.6 is 0 Å². The zero-order valence-corrected chi connectivity index (χ0v) is 33.4. The average molecular weight is 883 g/mol. The number of methoxy groups -OCH3 is 1. The summed E-state index contributed by atoms with van der Waals surface area (Å²) in [6.07, 6.45) is 5.36. The van der Waals surface area contributed by atoms with E-state index in [1.165, 1.54) is 34.2 Å². The smallest absolute Gasteiger partial charge is 0.323 e. The van der Waals surface area contributed by atoms with Crippen LogP contribution in [0, 0.1) is 43.5 Å². The van der Waals surface area contributed by atoms with Crippen LogP contribution in [0.3, 0.4) is 0 Å². The van der Waals surface area contributed by atoms with Gasteiger partial charge >= 0.3 is 17.4 Å². The first-order valence-corrected chi connectivity index (χ1v) is 18.9. The third-order valence-electron chi connectivity index (χ3n) is 9.49. The van der Waals surface area contributed by atoms with Gasteiger partial charge in [-0.15, -0.1) is 4.99 Å². The second kappa shape index (κ2) is 20.8. The molecule has 0 saturated carbocycles. The molecule has 0 bridgehead atoms. The number of halogens is 4. The quantitative estimate of drug-likeness (QED) is 0.0408. The number of aliphatic hydroxyl groups excluding tert-OH is 1. The van der Waals surface area contributed by atoms with E-state index in [4.69, 9.17) is 9.84 Å². The Morgan fingerprint density at radius 3 is 2.00 bits per heavy atom. The number of benzene rings is 2. The van der Waals surface area contributed by atoms with Crippen LogP contribution in [0.5, 0.6) is 0 Å². The number of hydrogen-bond donors (Lipinski definition) is 3. The summed E-state index contributed by atoms with van der Waals surface area (Å²) in [5, 5.41) is 36.5. The lowest BCUT2D eigenvalue weighted by Gasteiger charge is -2.16. The van der Waals surface area contributed by atoms with Gasteiger partial charge in [0.05, 0.1) is 33.5 Å². The van der Waals surface area contributed by atoms with E-state index in [2.05, 4.69) is 41.6 Å². The number of aromatic nitrogens is 4. The van der Waals surface area contributed by atoms with Crippen LogP contribution in [0.15, 0.2) is 90.2 Å². The summed E-state index contributed by atoms with van der Waals surface area (Å²) in [6.45, 7) is 2.93. The summed E-state index contributed by atoms with van der Waals surface area (Å²) in [6, 6.07) is 13.6. The Balaban J connectivity index is 0.000000180. The molecular formula is C42H34F4N10O8. The lowest BCUT2D eigenvalue weighted by atomic mass is 10.1. The molecule has 0 aliphatic carbocycles. The number of carbonyl (C=O) groups excluding carboxylic acids is 2. The number of nitrogens with one attached hydrogen (secondary N) is 2. The molecule has 18 nitrogen and oxygen atoms in total. The van der Waals surface area contributed by atoms with Crippen molar-refractivity contribution in [2.24, 2.45) is 4.99 Å². The molecule has 328 valence electrons. The standard InChI is InChI=1S/C21H17F2N5O4.C12H5F2N3O3.C9H12N2O/c1-32-11-15-6-12-9-27(10-13(12)8-24-15)21(29)26-20-19(28(30)31)5-4-18(25-20)16-3-2-14(22)7-17(16)23;13-7-1-2-8(9(14)5-7)10-3-4-11(17(19)20)12(16-10)15-6-18;12-2-1-9-3-7-4-10-5-8(7)6-11-9/h2-8H,9-11H2,1H3,(H,25,26,29);1-5H;3,6,10,12H,1-2,4-5H2. The van der Waals surface area contributed by atoms with Gasteiger partial charge in [-0.1, -0.05) is 0 Å². The van der Waals surface area contributed by atoms with Crippen molar-refractivity contribution in [1.29, 1.82) is 0 Å². The lowest BCUT2D eigenvalue weighted by molar-refractivity contribution is -0.384. The fourth-order valence-corrected chi connectivity index (χ4v) is 6.46. The highest BCUT2D eigenvalue weighted by Crippen LogP contribution is 2.32. The number of hydrogen-bond acceptors (Lipinski definition) is 14. The third-order valence-corrected chi connectivity index (χ3v) is 9.49. The molecule has 2 aromatic carbocycles. The number of nitrogens with zero attached hydrogens (tertiary/aromatic N) is 8. The number of anilines is 1. The van der Waals surface area contributed by atoms with Crippen LogP contribution in [0.1, 0.15) is 33.6 Å². The van der Waals surface area contributed by atoms with Crippen molar-refractivity contribution < 1.29 is 46.8 Å². The van der Waals surface area contributed by atoms with Gasteiger partial charge in [-0.05, 0) is 70.8 Å². The number of pyridine rings is 4. The molecule has 0 fully saturated rings. The van der Waals surface area contributed by atoms with Crippen LogP contribution in [0.25, 0.3) is 22.5 Å². The lowest BCUT2D eigenvalue weighted by Crippen LogP contribution is -2.30. The van der Waals surface area contributed by atoms with Gasteiger partial charge in [-0.2, -0.15) is 0 Å². The minimum absolute atomic E-state index is 0.0119. The van der Waals surface area contributed by atoms with E-state index in [1.54, 1.807) is 13.3 Å². The van der Waals surface area contributed by atoms with Gasteiger partial charge < -0.3 is 20.1 Å². The molecule has 0 unspecified atom stereocenters. The minimum Gasteiger partial charge on any atom is -0.396 e. The second-order valence-corrected chi connectivity index (χ2v) is 13.8. The number of isocyanates is 1. The maximum absolute atomic E-state index is 14.1. The van der Waals surface area contributed by atoms with Crippen LogP contribution < -0.4 is 10.6 Å². The zero-order valence-electron chi connectivity index (χ0n) is 33.4. The Labute approximate surface area is 359 Å². The first-order chi connectivity index (χ1) is 30.8. The SMILES string of the molecule is COCc1cc2c(cn1)CN(C(=O)Nc1nc(-c3ccc(F)cc3F)ccc1[N+](=O)[O-])C2.O=C=Nc1nc(-c2ccc(F)cc2F)ccc1[N+](=O)[O-].OCCc1cc2c(cn1)CNC2. The molecule has 2 aliphatic heterocycles. The summed E-state index contributed by atoms with van der Waals surface area (Å²) < 4.78 is 58.8. The summed E-state index contributed by atoms with van der Waals surface area (Å²) in [5.41, 5.74) is 4.99. The van der Waals surface area contributed by atoms with Gasteiger partial charge in [0.25, 0.3) is 0 Å². The Morgan fingerprint density at radius 2 is 1.39 bits per heavy atom. The number of aliphatic imine (C=N–C) groups is 1. The van der Waals surface area contributed by atoms with E-state index in [9.17, 15) is 47.4 Å². The largest absolute Gasteiger partial charge is 0.396 e. The number of ether oxygens (including phenoxy) is 1. The fourth-order valence-electron chi connectivity index (χ4n) is 6.46. The maximum Gasteiger partial charge on any atom is 0.323 e. The highest BCUT2D eigenvalue weighted by Gasteiger charge is 2.27.